The summed E-state index contributed by atoms with van der Waals surface area (Å²) in [5, 5.41) is 6.39. The largest absolute Gasteiger partial charge is 0.309 e. The van der Waals surface area contributed by atoms with Crippen molar-refractivity contribution < 1.29 is 0 Å². The van der Waals surface area contributed by atoms with E-state index < -0.39 is 0 Å². The number of para-hydroxylation sites is 3. The maximum Gasteiger partial charge on any atom is 0.0725 e. The highest BCUT2D eigenvalue weighted by molar-refractivity contribution is 6.12. The van der Waals surface area contributed by atoms with Crippen LogP contribution in [0.4, 0.5) is 0 Å². The van der Waals surface area contributed by atoms with Crippen LogP contribution in [0.25, 0.3) is 82.5 Å². The monoisotopic (exact) mass is 790 g/mol. The van der Waals surface area contributed by atoms with E-state index >= 15 is 0 Å². The third kappa shape index (κ3) is 4.56. The molecule has 14 rings (SSSR count). The quantitative estimate of drug-likeness (QED) is 0.151. The first-order chi connectivity index (χ1) is 30.4. The van der Waals surface area contributed by atoms with Crippen LogP contribution in [0.5, 0.6) is 0 Å². The van der Waals surface area contributed by atoms with E-state index in [9.17, 15) is 0 Å². The van der Waals surface area contributed by atoms with Crippen molar-refractivity contribution in [1.82, 2.24) is 9.55 Å². The lowest BCUT2D eigenvalue weighted by Crippen LogP contribution is -2.25. The number of hydrogen-bond acceptors (Lipinski definition) is 1. The number of fused-ring (bicyclic) bond motifs is 19. The van der Waals surface area contributed by atoms with E-state index in [-0.39, 0.29) is 10.8 Å². The van der Waals surface area contributed by atoms with E-state index in [1.807, 2.05) is 0 Å². The molecule has 2 heteroatoms. The molecule has 62 heavy (non-hydrogen) atoms. The summed E-state index contributed by atoms with van der Waals surface area (Å²) in [5.74, 6) is 0. The molecule has 0 N–H and O–H groups in total. The van der Waals surface area contributed by atoms with Crippen molar-refractivity contribution in [1.29, 1.82) is 0 Å². The molecule has 3 aliphatic carbocycles. The Morgan fingerprint density at radius 1 is 0.355 bits per heavy atom. The van der Waals surface area contributed by atoms with Gasteiger partial charge in [0.2, 0.25) is 0 Å². The predicted octanol–water partition coefficient (Wildman–Crippen LogP) is 15.1. The number of pyridine rings is 1. The Labute approximate surface area is 361 Å². The SMILES string of the molecule is CC1(C)c2ccccc2-c2cc3c(cc21)c1ccccc1n3-c1ccccc1.Cc1nc2ccccc2c2cc3c(cc12)-c1ccccc1C31c2ccccc2-c2ccccc21. The second-order valence-corrected chi connectivity index (χ2v) is 17.8. The Hall–Kier alpha value is -7.55. The molecule has 0 saturated carbocycles. The summed E-state index contributed by atoms with van der Waals surface area (Å²) in [4.78, 5) is 4.95. The fourth-order valence-corrected chi connectivity index (χ4v) is 11.7. The van der Waals surface area contributed by atoms with Gasteiger partial charge in [-0.05, 0) is 128 Å². The average Bonchev–Trinajstić information content (AvgIpc) is 3.98. The van der Waals surface area contributed by atoms with Gasteiger partial charge < -0.3 is 4.57 Å². The van der Waals surface area contributed by atoms with Crippen molar-refractivity contribution in [2.24, 2.45) is 0 Å². The first kappa shape index (κ1) is 35.2. The zero-order chi connectivity index (χ0) is 41.3. The van der Waals surface area contributed by atoms with Gasteiger partial charge in [-0.3, -0.25) is 4.98 Å². The Balaban J connectivity index is 0.000000129. The minimum atomic E-state index is -0.300. The molecule has 0 radical (unpaired) electrons. The number of aryl methyl sites for hydroxylation is 1. The topological polar surface area (TPSA) is 17.8 Å². The minimum Gasteiger partial charge on any atom is -0.309 e. The van der Waals surface area contributed by atoms with Crippen molar-refractivity contribution >= 4 is 43.5 Å². The number of aromatic nitrogens is 2. The lowest BCUT2D eigenvalue weighted by atomic mass is 9.70. The van der Waals surface area contributed by atoms with Gasteiger partial charge in [0, 0.05) is 38.3 Å². The smallest absolute Gasteiger partial charge is 0.0725 e. The highest BCUT2D eigenvalue weighted by Crippen LogP contribution is 2.63. The van der Waals surface area contributed by atoms with Gasteiger partial charge in [0.25, 0.3) is 0 Å². The molecule has 2 heterocycles. The zero-order valence-electron chi connectivity index (χ0n) is 34.9. The molecule has 0 saturated heterocycles. The van der Waals surface area contributed by atoms with Crippen LogP contribution in [0, 0.1) is 6.92 Å². The highest BCUT2D eigenvalue weighted by Gasteiger charge is 2.51. The Morgan fingerprint density at radius 2 is 0.855 bits per heavy atom. The molecule has 0 bridgehead atoms. The molecular formula is C60H42N2. The lowest BCUT2D eigenvalue weighted by molar-refractivity contribution is 0.661. The molecule has 2 nitrogen and oxygen atoms in total. The van der Waals surface area contributed by atoms with Gasteiger partial charge in [0.1, 0.15) is 0 Å². The van der Waals surface area contributed by atoms with Gasteiger partial charge in [0.05, 0.1) is 22.0 Å². The van der Waals surface area contributed by atoms with Crippen LogP contribution >= 0.6 is 0 Å². The molecule has 3 aliphatic rings. The second kappa shape index (κ2) is 12.7. The van der Waals surface area contributed by atoms with Crippen LogP contribution in [0.1, 0.15) is 52.9 Å². The molecule has 9 aromatic carbocycles. The molecule has 0 atom stereocenters. The van der Waals surface area contributed by atoms with E-state index in [2.05, 4.69) is 226 Å². The number of rotatable bonds is 1. The normalized spacial score (nSPS) is 14.3. The van der Waals surface area contributed by atoms with Crippen LogP contribution < -0.4 is 0 Å². The maximum atomic E-state index is 4.95. The first-order valence-electron chi connectivity index (χ1n) is 21.8. The first-order valence-corrected chi connectivity index (χ1v) is 21.8. The average molecular weight is 791 g/mol. The summed E-state index contributed by atoms with van der Waals surface area (Å²) in [6, 6.07) is 73.5. The predicted molar refractivity (Wildman–Crippen MR) is 259 cm³/mol. The maximum absolute atomic E-state index is 4.95. The number of nitrogens with zero attached hydrogens (tertiary/aromatic N) is 2. The van der Waals surface area contributed by atoms with Gasteiger partial charge in [-0.1, -0.05) is 166 Å². The molecule has 0 unspecified atom stereocenters. The summed E-state index contributed by atoms with van der Waals surface area (Å²) in [6.45, 7) is 6.83. The third-order valence-corrected chi connectivity index (χ3v) is 14.4. The van der Waals surface area contributed by atoms with Crippen molar-refractivity contribution in [3.63, 3.8) is 0 Å². The van der Waals surface area contributed by atoms with E-state index in [0.717, 1.165) is 11.2 Å². The van der Waals surface area contributed by atoms with Crippen LogP contribution in [0.2, 0.25) is 0 Å². The fraction of sp³-hybridized carbons (Fsp3) is 0.0833. The van der Waals surface area contributed by atoms with Crippen molar-refractivity contribution in [2.75, 3.05) is 0 Å². The van der Waals surface area contributed by atoms with Gasteiger partial charge >= 0.3 is 0 Å². The standard InChI is InChI=1S/C33H21N.C27H21N/c1-20-25-18-27-23-12-4-8-16-30(23)33(31(27)19-26(25)24-13-5-9-17-32(24)34-20)28-14-6-2-10-21(28)22-11-3-7-15-29(22)33;1-27(2)23-14-8-6-12-19(23)21-17-26-22(16-24(21)27)20-13-7-9-15-25(20)28(26)18-10-4-3-5-11-18/h2-19H,1H3;3-17H,1-2H3. The summed E-state index contributed by atoms with van der Waals surface area (Å²) in [5.41, 5.74) is 22.1. The number of hydrogen-bond donors (Lipinski definition) is 0. The highest BCUT2D eigenvalue weighted by atomic mass is 15.0. The molecular weight excluding hydrogens is 749 g/mol. The van der Waals surface area contributed by atoms with Gasteiger partial charge in [0.15, 0.2) is 0 Å². The fourth-order valence-electron chi connectivity index (χ4n) is 11.7. The molecule has 0 fully saturated rings. The molecule has 292 valence electrons. The van der Waals surface area contributed by atoms with Crippen molar-refractivity contribution in [2.45, 2.75) is 31.6 Å². The van der Waals surface area contributed by atoms with E-state index in [4.69, 9.17) is 4.98 Å². The van der Waals surface area contributed by atoms with Crippen molar-refractivity contribution in [3.05, 3.63) is 239 Å². The molecule has 1 spiro atoms. The van der Waals surface area contributed by atoms with Crippen LogP contribution in [-0.4, -0.2) is 9.55 Å². The van der Waals surface area contributed by atoms with E-state index in [1.54, 1.807) is 0 Å². The summed E-state index contributed by atoms with van der Waals surface area (Å²) in [6.07, 6.45) is 0. The summed E-state index contributed by atoms with van der Waals surface area (Å²) < 4.78 is 2.40. The van der Waals surface area contributed by atoms with E-state index in [1.165, 1.54) is 110 Å². The Morgan fingerprint density at radius 3 is 1.53 bits per heavy atom. The second-order valence-electron chi connectivity index (χ2n) is 17.8. The summed E-state index contributed by atoms with van der Waals surface area (Å²) >= 11 is 0. The minimum absolute atomic E-state index is 0.0239. The van der Waals surface area contributed by atoms with Crippen LogP contribution in [0.15, 0.2) is 200 Å². The molecule has 0 aliphatic heterocycles. The van der Waals surface area contributed by atoms with Gasteiger partial charge in [-0.15, -0.1) is 0 Å². The third-order valence-electron chi connectivity index (χ3n) is 14.4. The van der Waals surface area contributed by atoms with E-state index in [0.29, 0.717) is 0 Å². The summed E-state index contributed by atoms with van der Waals surface area (Å²) in [7, 11) is 0. The van der Waals surface area contributed by atoms with Gasteiger partial charge in [-0.2, -0.15) is 0 Å². The van der Waals surface area contributed by atoms with Gasteiger partial charge in [-0.25, -0.2) is 0 Å². The molecule has 2 aromatic heterocycles. The van der Waals surface area contributed by atoms with Crippen LogP contribution in [0.3, 0.4) is 0 Å². The molecule has 11 aromatic rings. The number of benzene rings is 9. The van der Waals surface area contributed by atoms with Crippen molar-refractivity contribution in [3.8, 4) is 39.1 Å². The zero-order valence-corrected chi connectivity index (χ0v) is 34.9. The van der Waals surface area contributed by atoms with Crippen LogP contribution in [-0.2, 0) is 10.8 Å². The lowest BCUT2D eigenvalue weighted by Gasteiger charge is -2.30. The Kier molecular flexibility index (Phi) is 7.24. The Bertz CT molecular complexity index is 3630. The molecule has 0 amide bonds.